The number of allylic oxidation sites excluding steroid dienone is 9. The molecule has 43 heavy (non-hydrogen) atoms. The quantitative estimate of drug-likeness (QED) is 0.178. The smallest absolute Gasteiger partial charge is 0.128 e. The lowest BCUT2D eigenvalue weighted by Crippen LogP contribution is -2.36. The van der Waals surface area contributed by atoms with E-state index in [1.165, 1.54) is 51.4 Å². The van der Waals surface area contributed by atoms with E-state index in [2.05, 4.69) is 110 Å². The van der Waals surface area contributed by atoms with Gasteiger partial charge in [-0.05, 0) is 114 Å². The number of para-hydroxylation sites is 1. The van der Waals surface area contributed by atoms with Crippen molar-refractivity contribution >= 4 is 33.5 Å². The number of aromatic nitrogens is 3. The van der Waals surface area contributed by atoms with Crippen molar-refractivity contribution in [1.29, 1.82) is 0 Å². The summed E-state index contributed by atoms with van der Waals surface area (Å²) in [5.41, 5.74) is 17.2. The molecule has 0 amide bonds. The van der Waals surface area contributed by atoms with Crippen LogP contribution < -0.4 is 0 Å². The molecule has 0 N–H and O–H groups in total. The van der Waals surface area contributed by atoms with Crippen LogP contribution in [0.15, 0.2) is 72.9 Å². The fourth-order valence-corrected chi connectivity index (χ4v) is 10.6. The van der Waals surface area contributed by atoms with Gasteiger partial charge in [-0.25, -0.2) is 4.68 Å². The van der Waals surface area contributed by atoms with Crippen LogP contribution in [0.25, 0.3) is 27.2 Å². The minimum Gasteiger partial charge on any atom is -0.202 e. The van der Waals surface area contributed by atoms with Gasteiger partial charge in [-0.15, -0.1) is 16.4 Å². The van der Waals surface area contributed by atoms with Crippen molar-refractivity contribution in [2.24, 2.45) is 0 Å². The summed E-state index contributed by atoms with van der Waals surface area (Å²) < 4.78 is 2.12. The molecular formula is C39H37N3S. The Bertz CT molecular complexity index is 2020. The van der Waals surface area contributed by atoms with Crippen molar-refractivity contribution < 1.29 is 0 Å². The molecule has 0 saturated carbocycles. The Morgan fingerprint density at radius 1 is 1.09 bits per heavy atom. The lowest BCUT2D eigenvalue weighted by Gasteiger charge is -2.48. The van der Waals surface area contributed by atoms with Gasteiger partial charge in [0.15, 0.2) is 0 Å². The topological polar surface area (TPSA) is 30.7 Å². The number of nitrogens with zero attached hydrogens (tertiary/aromatic N) is 3. The van der Waals surface area contributed by atoms with Crippen LogP contribution in [0.2, 0.25) is 0 Å². The molecule has 9 rings (SSSR count). The summed E-state index contributed by atoms with van der Waals surface area (Å²) in [4.78, 5) is 1.42. The van der Waals surface area contributed by atoms with Crippen molar-refractivity contribution in [3.63, 3.8) is 0 Å². The first-order chi connectivity index (χ1) is 21.0. The molecule has 4 atom stereocenters. The molecule has 5 aliphatic carbocycles. The number of hydrogen-bond acceptors (Lipinski definition) is 3. The van der Waals surface area contributed by atoms with Crippen LogP contribution >= 0.6 is 11.3 Å². The van der Waals surface area contributed by atoms with Crippen LogP contribution in [0.3, 0.4) is 0 Å². The van der Waals surface area contributed by atoms with E-state index in [9.17, 15) is 0 Å². The van der Waals surface area contributed by atoms with E-state index in [0.29, 0.717) is 17.8 Å². The highest BCUT2D eigenvalue weighted by Gasteiger charge is 2.50. The highest BCUT2D eigenvalue weighted by Crippen LogP contribution is 2.63. The number of fused-ring (bicyclic) bond motifs is 5. The Balaban J connectivity index is 1.44. The molecule has 4 aromatic rings. The summed E-state index contributed by atoms with van der Waals surface area (Å²) in [6.45, 7) is 9.33. The summed E-state index contributed by atoms with van der Waals surface area (Å²) in [6.07, 6.45) is 25.5. The van der Waals surface area contributed by atoms with E-state index in [0.717, 1.165) is 23.9 Å². The number of thiophene rings is 1. The first-order valence-electron chi connectivity index (χ1n) is 16.2. The first-order valence-corrected chi connectivity index (χ1v) is 17.0. The molecule has 0 saturated heterocycles. The molecule has 214 valence electrons. The van der Waals surface area contributed by atoms with Gasteiger partial charge >= 0.3 is 0 Å². The molecular weight excluding hydrogens is 543 g/mol. The van der Waals surface area contributed by atoms with E-state index < -0.39 is 0 Å². The zero-order valence-corrected chi connectivity index (χ0v) is 26.3. The summed E-state index contributed by atoms with van der Waals surface area (Å²) in [5, 5.41) is 10.6. The molecule has 2 heterocycles. The Morgan fingerprint density at radius 3 is 2.81 bits per heavy atom. The van der Waals surface area contributed by atoms with Gasteiger partial charge in [-0.1, -0.05) is 79.8 Å². The van der Waals surface area contributed by atoms with E-state index >= 15 is 0 Å². The zero-order valence-electron chi connectivity index (χ0n) is 25.4. The van der Waals surface area contributed by atoms with Crippen molar-refractivity contribution in [3.05, 3.63) is 122 Å². The molecule has 0 spiro atoms. The first kappa shape index (κ1) is 25.7. The van der Waals surface area contributed by atoms with Crippen LogP contribution in [0.4, 0.5) is 0 Å². The molecule has 0 fully saturated rings. The summed E-state index contributed by atoms with van der Waals surface area (Å²) in [5.74, 6) is 1.50. The maximum absolute atomic E-state index is 4.79. The molecule has 3 nitrogen and oxygen atoms in total. The molecule has 5 aliphatic rings. The van der Waals surface area contributed by atoms with Crippen molar-refractivity contribution in [1.82, 2.24) is 15.0 Å². The second-order valence-electron chi connectivity index (χ2n) is 13.2. The fourth-order valence-electron chi connectivity index (χ4n) is 9.13. The largest absolute Gasteiger partial charge is 0.202 e. The van der Waals surface area contributed by atoms with Crippen LogP contribution in [-0.4, -0.2) is 15.0 Å². The molecule has 0 radical (unpaired) electrons. The highest BCUT2D eigenvalue weighted by atomic mass is 32.1. The van der Waals surface area contributed by atoms with E-state index in [1.54, 1.807) is 33.4 Å². The molecule has 4 heteroatoms. The van der Waals surface area contributed by atoms with Gasteiger partial charge in [-0.3, -0.25) is 0 Å². The molecule has 2 aromatic heterocycles. The van der Waals surface area contributed by atoms with Gasteiger partial charge in [0.25, 0.3) is 0 Å². The van der Waals surface area contributed by atoms with E-state index in [-0.39, 0.29) is 5.41 Å². The summed E-state index contributed by atoms with van der Waals surface area (Å²) in [7, 11) is 0. The fraction of sp³-hybridized carbons (Fsp3) is 0.333. The van der Waals surface area contributed by atoms with Crippen LogP contribution in [0.5, 0.6) is 0 Å². The van der Waals surface area contributed by atoms with Crippen molar-refractivity contribution in [2.75, 3.05) is 0 Å². The van der Waals surface area contributed by atoms with Gasteiger partial charge in [-0.2, -0.15) is 0 Å². The third-order valence-corrected chi connectivity index (χ3v) is 12.0. The average molecular weight is 580 g/mol. The van der Waals surface area contributed by atoms with Gasteiger partial charge < -0.3 is 0 Å². The minimum atomic E-state index is -0.222. The molecule has 2 aromatic carbocycles. The van der Waals surface area contributed by atoms with Crippen LogP contribution in [-0.2, 0) is 11.8 Å². The molecule has 0 aliphatic heterocycles. The van der Waals surface area contributed by atoms with E-state index in [4.69, 9.17) is 5.21 Å². The predicted octanol–water partition coefficient (Wildman–Crippen LogP) is 10.1. The third kappa shape index (κ3) is 3.25. The van der Waals surface area contributed by atoms with Gasteiger partial charge in [0.05, 0.1) is 5.52 Å². The predicted molar refractivity (Wildman–Crippen MR) is 180 cm³/mol. The molecule has 4 unspecified atom stereocenters. The average Bonchev–Trinajstić information content (AvgIpc) is 3.64. The van der Waals surface area contributed by atoms with Crippen molar-refractivity contribution in [2.45, 2.75) is 83.0 Å². The Hall–Kier alpha value is -3.76. The monoisotopic (exact) mass is 579 g/mol. The zero-order chi connectivity index (χ0) is 29.0. The molecule has 0 bridgehead atoms. The lowest BCUT2D eigenvalue weighted by molar-refractivity contribution is 0.576. The summed E-state index contributed by atoms with van der Waals surface area (Å²) >= 11 is 1.92. The SMILES string of the molecule is C/C=C\C(=C/CC)c1c(-n2nnc3ccccc32)sc2c1C1(C)C=CC(C)c3c4c5c6c(c31)C2=CCC6C=CC5CCC4. The number of rotatable bonds is 4. The number of hydrogen-bond donors (Lipinski definition) is 0. The second-order valence-corrected chi connectivity index (χ2v) is 14.2. The lowest BCUT2D eigenvalue weighted by atomic mass is 9.55. The van der Waals surface area contributed by atoms with Crippen molar-refractivity contribution in [3.8, 4) is 5.00 Å². The Kier molecular flexibility index (Phi) is 5.46. The summed E-state index contributed by atoms with van der Waals surface area (Å²) in [6, 6.07) is 8.37. The van der Waals surface area contributed by atoms with Gasteiger partial charge in [0.2, 0.25) is 0 Å². The Morgan fingerprint density at radius 2 is 1.95 bits per heavy atom. The minimum absolute atomic E-state index is 0.222. The van der Waals surface area contributed by atoms with Gasteiger partial charge in [0, 0.05) is 27.7 Å². The third-order valence-electron chi connectivity index (χ3n) is 10.8. The highest BCUT2D eigenvalue weighted by molar-refractivity contribution is 7.16. The maximum Gasteiger partial charge on any atom is 0.128 e. The Labute approximate surface area is 258 Å². The maximum atomic E-state index is 4.79. The number of benzene rings is 2. The normalized spacial score (nSPS) is 26.2. The second kappa shape index (κ2) is 9.12. The van der Waals surface area contributed by atoms with Gasteiger partial charge in [0.1, 0.15) is 10.5 Å². The van der Waals surface area contributed by atoms with E-state index in [1.807, 2.05) is 11.3 Å². The standard InChI is InChI=1S/C39H37N3S/c1-5-10-23(11-6-2)33-36-37(43-38(33)42-29-15-8-7-14-28(29)40-41-42)27-19-18-25-17-16-24-12-9-13-26-30-22(3)20-21-39(36,4)35(30)34(27)32(25)31(24)26/h5,7-8,10-11,14-17,19-22,24-25H,6,9,12-13,18H2,1-4H3/b10-5-,23-11+. The van der Waals surface area contributed by atoms with Crippen LogP contribution in [0.1, 0.15) is 121 Å². The van der Waals surface area contributed by atoms with Crippen LogP contribution in [0, 0.1) is 0 Å².